The molecule has 1 N–H and O–H groups in total. The van der Waals surface area contributed by atoms with Crippen LogP contribution in [-0.4, -0.2) is 44.0 Å². The van der Waals surface area contributed by atoms with Gasteiger partial charge in [0.25, 0.3) is 0 Å². The van der Waals surface area contributed by atoms with E-state index in [1.807, 2.05) is 97.1 Å². The van der Waals surface area contributed by atoms with Crippen LogP contribution in [0.4, 0.5) is 0 Å². The molecule has 0 unspecified atom stereocenters. The van der Waals surface area contributed by atoms with Crippen LogP contribution in [0.5, 0.6) is 11.5 Å². The Bertz CT molecular complexity index is 1570. The standard InChI is InChI=1S/C19H21NO3.C19H19NO3/c2*1-22-19(21)18-12-11-17(20-18)15-7-9-16(10-8-15)23-13-14-5-3-2-4-6-14/h2-10,17-18,20H,11-13H2,1H3;2-10,18H,11-13H2,1H3/t17-,18+;18-/m10/s1. The summed E-state index contributed by atoms with van der Waals surface area (Å²) in [6.07, 6.45) is 3.26. The monoisotopic (exact) mass is 620 g/mol. The Balaban J connectivity index is 0.000000181. The van der Waals surface area contributed by atoms with Crippen LogP contribution in [0.25, 0.3) is 0 Å². The predicted octanol–water partition coefficient (Wildman–Crippen LogP) is 6.62. The zero-order chi connectivity index (χ0) is 32.1. The Morgan fingerprint density at radius 3 is 1.76 bits per heavy atom. The van der Waals surface area contributed by atoms with E-state index in [0.29, 0.717) is 19.6 Å². The van der Waals surface area contributed by atoms with E-state index in [9.17, 15) is 9.59 Å². The summed E-state index contributed by atoms with van der Waals surface area (Å²) in [4.78, 5) is 27.5. The summed E-state index contributed by atoms with van der Waals surface area (Å²) in [5, 5.41) is 3.32. The molecular formula is C38H40N2O6. The number of nitrogens with zero attached hydrogens (tertiary/aromatic N) is 1. The van der Waals surface area contributed by atoms with Crippen LogP contribution in [0.3, 0.4) is 0 Å². The van der Waals surface area contributed by atoms with Gasteiger partial charge in [-0.3, -0.25) is 15.1 Å². The highest BCUT2D eigenvalue weighted by Gasteiger charge is 2.30. The Labute approximate surface area is 270 Å². The lowest BCUT2D eigenvalue weighted by Crippen LogP contribution is -2.33. The second-order valence-corrected chi connectivity index (χ2v) is 11.2. The second kappa shape index (κ2) is 16.4. The summed E-state index contributed by atoms with van der Waals surface area (Å²) in [5.74, 6) is 1.22. The van der Waals surface area contributed by atoms with Gasteiger partial charge in [-0.25, -0.2) is 4.79 Å². The van der Waals surface area contributed by atoms with E-state index >= 15 is 0 Å². The van der Waals surface area contributed by atoms with Crippen molar-refractivity contribution in [3.8, 4) is 11.5 Å². The summed E-state index contributed by atoms with van der Waals surface area (Å²) in [6.45, 7) is 1.11. The normalized spacial score (nSPS) is 18.5. The van der Waals surface area contributed by atoms with Crippen LogP contribution in [-0.2, 0) is 32.3 Å². The number of hydrogen-bond donors (Lipinski definition) is 1. The average Bonchev–Trinajstić information content (AvgIpc) is 3.82. The minimum Gasteiger partial charge on any atom is -0.489 e. The first kappa shape index (κ1) is 32.4. The van der Waals surface area contributed by atoms with Gasteiger partial charge in [0.15, 0.2) is 0 Å². The quantitative estimate of drug-likeness (QED) is 0.199. The number of carbonyl (C=O) groups is 2. The van der Waals surface area contributed by atoms with Crippen molar-refractivity contribution in [3.05, 3.63) is 131 Å². The lowest BCUT2D eigenvalue weighted by molar-refractivity contribution is -0.143. The first-order chi connectivity index (χ1) is 22.5. The van der Waals surface area contributed by atoms with Crippen LogP contribution >= 0.6 is 0 Å². The Kier molecular flexibility index (Phi) is 11.6. The van der Waals surface area contributed by atoms with Crippen molar-refractivity contribution in [2.24, 2.45) is 4.99 Å². The van der Waals surface area contributed by atoms with E-state index in [-0.39, 0.29) is 30.1 Å². The molecule has 1 fully saturated rings. The number of benzene rings is 4. The maximum atomic E-state index is 11.6. The summed E-state index contributed by atoms with van der Waals surface area (Å²) < 4.78 is 21.1. The largest absolute Gasteiger partial charge is 0.489 e. The fourth-order valence-corrected chi connectivity index (χ4v) is 5.47. The van der Waals surface area contributed by atoms with Gasteiger partial charge in [0.1, 0.15) is 36.8 Å². The third kappa shape index (κ3) is 9.05. The third-order valence-corrected chi connectivity index (χ3v) is 8.04. The van der Waals surface area contributed by atoms with Gasteiger partial charge >= 0.3 is 11.9 Å². The Hall–Kier alpha value is -4.95. The molecule has 0 spiro atoms. The summed E-state index contributed by atoms with van der Waals surface area (Å²) in [6, 6.07) is 35.7. The fraction of sp³-hybridized carbons (Fsp3) is 0.289. The van der Waals surface area contributed by atoms with Crippen LogP contribution in [0.1, 0.15) is 54.0 Å². The van der Waals surface area contributed by atoms with Crippen molar-refractivity contribution in [1.29, 1.82) is 0 Å². The van der Waals surface area contributed by atoms with Gasteiger partial charge in [-0.05, 0) is 84.3 Å². The first-order valence-electron chi connectivity index (χ1n) is 15.5. The number of hydrogen-bond acceptors (Lipinski definition) is 8. The molecule has 0 radical (unpaired) electrons. The van der Waals surface area contributed by atoms with Gasteiger partial charge in [-0.2, -0.15) is 0 Å². The molecule has 0 aromatic heterocycles. The Morgan fingerprint density at radius 1 is 0.674 bits per heavy atom. The number of ether oxygens (including phenoxy) is 4. The molecule has 8 heteroatoms. The van der Waals surface area contributed by atoms with Crippen molar-refractivity contribution >= 4 is 17.7 Å². The van der Waals surface area contributed by atoms with Gasteiger partial charge in [0.2, 0.25) is 0 Å². The van der Waals surface area contributed by atoms with Gasteiger partial charge < -0.3 is 18.9 Å². The molecule has 8 nitrogen and oxygen atoms in total. The van der Waals surface area contributed by atoms with Crippen LogP contribution < -0.4 is 14.8 Å². The SMILES string of the molecule is COC(=O)[C@@H]1CCC(c2ccc(OCc3ccccc3)cc2)=N1.COC(=O)[C@@H]1CC[C@H](c2ccc(OCc3ccccc3)cc2)N1. The van der Waals surface area contributed by atoms with Crippen LogP contribution in [0.15, 0.2) is 114 Å². The summed E-state index contributed by atoms with van der Waals surface area (Å²) in [5.41, 5.74) is 5.44. The van der Waals surface area contributed by atoms with Crippen molar-refractivity contribution in [3.63, 3.8) is 0 Å². The van der Waals surface area contributed by atoms with E-state index in [1.54, 1.807) is 0 Å². The van der Waals surface area contributed by atoms with E-state index in [1.165, 1.54) is 19.8 Å². The molecule has 1 saturated heterocycles. The molecular weight excluding hydrogens is 580 g/mol. The highest BCUT2D eigenvalue weighted by Crippen LogP contribution is 2.28. The van der Waals surface area contributed by atoms with Gasteiger partial charge in [0.05, 0.1) is 14.2 Å². The highest BCUT2D eigenvalue weighted by atomic mass is 16.5. The maximum Gasteiger partial charge on any atom is 0.330 e. The van der Waals surface area contributed by atoms with Crippen molar-refractivity contribution in [1.82, 2.24) is 5.32 Å². The van der Waals surface area contributed by atoms with Gasteiger partial charge in [-0.15, -0.1) is 0 Å². The molecule has 4 aromatic rings. The average molecular weight is 621 g/mol. The molecule has 2 aliphatic heterocycles. The fourth-order valence-electron chi connectivity index (χ4n) is 5.47. The zero-order valence-electron chi connectivity index (χ0n) is 26.3. The first-order valence-corrected chi connectivity index (χ1v) is 15.5. The van der Waals surface area contributed by atoms with E-state index in [4.69, 9.17) is 18.9 Å². The lowest BCUT2D eigenvalue weighted by atomic mass is 10.1. The molecule has 0 saturated carbocycles. The molecule has 2 aliphatic rings. The molecule has 0 aliphatic carbocycles. The van der Waals surface area contributed by atoms with Gasteiger partial charge in [0, 0.05) is 11.8 Å². The number of rotatable bonds is 10. The molecule has 238 valence electrons. The molecule has 0 amide bonds. The molecule has 3 atom stereocenters. The minimum absolute atomic E-state index is 0.185. The topological polar surface area (TPSA) is 95.5 Å². The molecule has 0 bridgehead atoms. The Morgan fingerprint density at radius 2 is 1.22 bits per heavy atom. The lowest BCUT2D eigenvalue weighted by Gasteiger charge is -2.14. The minimum atomic E-state index is -0.357. The maximum absolute atomic E-state index is 11.6. The third-order valence-electron chi connectivity index (χ3n) is 8.04. The number of methoxy groups -OCH3 is 2. The van der Waals surface area contributed by atoms with Crippen molar-refractivity contribution in [2.75, 3.05) is 14.2 Å². The molecule has 2 heterocycles. The number of carbonyl (C=O) groups excluding carboxylic acids is 2. The van der Waals surface area contributed by atoms with Gasteiger partial charge in [-0.1, -0.05) is 72.8 Å². The number of nitrogens with one attached hydrogen (secondary N) is 1. The van der Waals surface area contributed by atoms with E-state index in [0.717, 1.165) is 53.2 Å². The summed E-state index contributed by atoms with van der Waals surface area (Å²) in [7, 11) is 2.82. The van der Waals surface area contributed by atoms with Crippen molar-refractivity contribution < 1.29 is 28.5 Å². The van der Waals surface area contributed by atoms with E-state index < -0.39 is 0 Å². The van der Waals surface area contributed by atoms with E-state index in [2.05, 4.69) is 22.4 Å². The second-order valence-electron chi connectivity index (χ2n) is 11.2. The predicted molar refractivity (Wildman–Crippen MR) is 177 cm³/mol. The number of aliphatic imine (C=N–C) groups is 1. The molecule has 6 rings (SSSR count). The van der Waals surface area contributed by atoms with Crippen LogP contribution in [0, 0.1) is 0 Å². The summed E-state index contributed by atoms with van der Waals surface area (Å²) >= 11 is 0. The van der Waals surface area contributed by atoms with Crippen molar-refractivity contribution in [2.45, 2.75) is 57.0 Å². The smallest absolute Gasteiger partial charge is 0.330 e. The zero-order valence-corrected chi connectivity index (χ0v) is 26.3. The van der Waals surface area contributed by atoms with Crippen LogP contribution in [0.2, 0.25) is 0 Å². The number of esters is 2. The highest BCUT2D eigenvalue weighted by molar-refractivity contribution is 6.03. The molecule has 4 aromatic carbocycles. The molecule has 46 heavy (non-hydrogen) atoms.